The zero-order valence-corrected chi connectivity index (χ0v) is 6.60. The van der Waals surface area contributed by atoms with Gasteiger partial charge in [0.1, 0.15) is 4.90 Å². The number of nitrogens with zero attached hydrogens (tertiary/aromatic N) is 1. The molecule has 11 heavy (non-hydrogen) atoms. The van der Waals surface area contributed by atoms with Crippen LogP contribution in [-0.2, 0) is 10.2 Å². The molecule has 5 heteroatoms. The predicted molar refractivity (Wildman–Crippen MR) is 37.3 cm³/mol. The second-order valence-corrected chi connectivity index (χ2v) is 3.39. The van der Waals surface area contributed by atoms with Gasteiger partial charge >= 0.3 is 10.2 Å². The van der Waals surface area contributed by atoms with Crippen molar-refractivity contribution in [2.75, 3.05) is 0 Å². The van der Waals surface area contributed by atoms with Gasteiger partial charge in [-0.15, -0.1) is 3.89 Å². The van der Waals surface area contributed by atoms with E-state index in [2.05, 4.69) is 4.98 Å². The second kappa shape index (κ2) is 2.58. The van der Waals surface area contributed by atoms with Gasteiger partial charge in [-0.25, -0.2) is 0 Å². The Morgan fingerprint density at radius 1 is 1.55 bits per heavy atom. The zero-order valence-electron chi connectivity index (χ0n) is 5.78. The van der Waals surface area contributed by atoms with Crippen LogP contribution in [0.15, 0.2) is 23.4 Å². The van der Waals surface area contributed by atoms with E-state index in [1.54, 1.807) is 0 Å². The topological polar surface area (TPSA) is 47.0 Å². The van der Waals surface area contributed by atoms with E-state index in [1.807, 2.05) is 0 Å². The maximum atomic E-state index is 12.3. The Labute approximate surface area is 64.1 Å². The summed E-state index contributed by atoms with van der Waals surface area (Å²) in [7, 11) is -4.57. The van der Waals surface area contributed by atoms with E-state index in [1.165, 1.54) is 19.3 Å². The molecule has 0 amide bonds. The third-order valence-electron chi connectivity index (χ3n) is 1.23. The fourth-order valence-corrected chi connectivity index (χ4v) is 1.39. The summed E-state index contributed by atoms with van der Waals surface area (Å²) in [4.78, 5) is 3.31. The Hall–Kier alpha value is -0.970. The fraction of sp³-hybridized carbons (Fsp3) is 0.167. The minimum absolute atomic E-state index is 0.312. The quantitative estimate of drug-likeness (QED) is 0.599. The Kier molecular flexibility index (Phi) is 1.90. The average Bonchev–Trinajstić information content (AvgIpc) is 1.86. The standard InChI is InChI=1S/C6H6FNO2S/c1-5-4-8-3-2-6(5)11(7,9)10/h2-4H,1H3. The van der Waals surface area contributed by atoms with Crippen LogP contribution < -0.4 is 0 Å². The molecule has 0 spiro atoms. The van der Waals surface area contributed by atoms with Crippen LogP contribution in [-0.4, -0.2) is 13.4 Å². The van der Waals surface area contributed by atoms with E-state index in [0.717, 1.165) is 6.07 Å². The van der Waals surface area contributed by atoms with Crippen LogP contribution in [0.25, 0.3) is 0 Å². The molecule has 0 fully saturated rings. The van der Waals surface area contributed by atoms with Gasteiger partial charge < -0.3 is 0 Å². The maximum absolute atomic E-state index is 12.3. The zero-order chi connectivity index (χ0) is 8.48. The molecule has 1 aromatic rings. The number of halogens is 1. The van der Waals surface area contributed by atoms with Crippen molar-refractivity contribution in [2.45, 2.75) is 11.8 Å². The Balaban J connectivity index is 3.37. The molecule has 0 aromatic carbocycles. The molecule has 0 saturated carbocycles. The van der Waals surface area contributed by atoms with Crippen molar-refractivity contribution in [3.8, 4) is 0 Å². The van der Waals surface area contributed by atoms with Gasteiger partial charge in [0.15, 0.2) is 0 Å². The lowest BCUT2D eigenvalue weighted by Crippen LogP contribution is -1.95. The minimum Gasteiger partial charge on any atom is -0.264 e. The van der Waals surface area contributed by atoms with Gasteiger partial charge in [0.2, 0.25) is 0 Å². The molecule has 1 rings (SSSR count). The van der Waals surface area contributed by atoms with Gasteiger partial charge in [-0.3, -0.25) is 4.98 Å². The molecule has 0 aliphatic rings. The number of rotatable bonds is 1. The summed E-state index contributed by atoms with van der Waals surface area (Å²) < 4.78 is 33.0. The van der Waals surface area contributed by atoms with Crippen LogP contribution in [0.2, 0.25) is 0 Å². The highest BCUT2D eigenvalue weighted by Crippen LogP contribution is 2.14. The van der Waals surface area contributed by atoms with E-state index in [9.17, 15) is 12.3 Å². The largest absolute Gasteiger partial charge is 0.332 e. The van der Waals surface area contributed by atoms with Gasteiger partial charge in [0.25, 0.3) is 0 Å². The van der Waals surface area contributed by atoms with Gasteiger partial charge in [-0.1, -0.05) is 0 Å². The first-order chi connectivity index (χ1) is 5.02. The van der Waals surface area contributed by atoms with Gasteiger partial charge in [0, 0.05) is 12.4 Å². The molecule has 60 valence electrons. The summed E-state index contributed by atoms with van der Waals surface area (Å²) in [6, 6.07) is 1.13. The van der Waals surface area contributed by atoms with E-state index >= 15 is 0 Å². The molecular weight excluding hydrogens is 169 g/mol. The lowest BCUT2D eigenvalue weighted by Gasteiger charge is -1.96. The highest BCUT2D eigenvalue weighted by Gasteiger charge is 2.13. The molecule has 0 aliphatic heterocycles. The van der Waals surface area contributed by atoms with E-state index in [4.69, 9.17) is 0 Å². The van der Waals surface area contributed by atoms with Crippen molar-refractivity contribution >= 4 is 10.2 Å². The summed E-state index contributed by atoms with van der Waals surface area (Å²) in [5.41, 5.74) is 0.315. The number of hydrogen-bond acceptors (Lipinski definition) is 3. The molecule has 3 nitrogen and oxygen atoms in total. The van der Waals surface area contributed by atoms with Crippen molar-refractivity contribution in [1.82, 2.24) is 4.98 Å². The molecule has 0 N–H and O–H groups in total. The third-order valence-corrected chi connectivity index (χ3v) is 2.21. The van der Waals surface area contributed by atoms with Crippen molar-refractivity contribution < 1.29 is 12.3 Å². The fourth-order valence-electron chi connectivity index (χ4n) is 0.734. The third kappa shape index (κ3) is 1.74. The normalized spacial score (nSPS) is 11.5. The number of aromatic nitrogens is 1. The van der Waals surface area contributed by atoms with E-state index < -0.39 is 10.2 Å². The Morgan fingerprint density at radius 3 is 2.55 bits per heavy atom. The Bertz CT molecular complexity index is 361. The second-order valence-electron chi connectivity index (χ2n) is 2.08. The van der Waals surface area contributed by atoms with Crippen LogP contribution in [0.4, 0.5) is 3.89 Å². The molecule has 0 atom stereocenters. The maximum Gasteiger partial charge on any atom is 0.332 e. The van der Waals surface area contributed by atoms with Crippen molar-refractivity contribution in [3.63, 3.8) is 0 Å². The SMILES string of the molecule is Cc1cnccc1S(=O)(=O)F. The van der Waals surface area contributed by atoms with Crippen LogP contribution in [0.1, 0.15) is 5.56 Å². The molecule has 0 bridgehead atoms. The summed E-state index contributed by atoms with van der Waals surface area (Å²) in [5, 5.41) is 0. The van der Waals surface area contributed by atoms with Crippen LogP contribution in [0, 0.1) is 6.92 Å². The molecule has 1 heterocycles. The highest BCUT2D eigenvalue weighted by atomic mass is 32.3. The van der Waals surface area contributed by atoms with Crippen molar-refractivity contribution in [2.24, 2.45) is 0 Å². The van der Waals surface area contributed by atoms with Crippen LogP contribution in [0.3, 0.4) is 0 Å². The summed E-state index contributed by atoms with van der Waals surface area (Å²) >= 11 is 0. The molecule has 0 aliphatic carbocycles. The molecular formula is C6H6FNO2S. The monoisotopic (exact) mass is 175 g/mol. The molecule has 0 unspecified atom stereocenters. The highest BCUT2D eigenvalue weighted by molar-refractivity contribution is 7.86. The van der Waals surface area contributed by atoms with E-state index in [-0.39, 0.29) is 4.90 Å². The molecule has 0 saturated heterocycles. The number of pyridine rings is 1. The average molecular weight is 175 g/mol. The Morgan fingerprint density at radius 2 is 2.18 bits per heavy atom. The lowest BCUT2D eigenvalue weighted by atomic mass is 10.3. The van der Waals surface area contributed by atoms with Gasteiger partial charge in [-0.2, -0.15) is 8.42 Å². The van der Waals surface area contributed by atoms with Crippen LogP contribution >= 0.6 is 0 Å². The van der Waals surface area contributed by atoms with Crippen molar-refractivity contribution in [3.05, 3.63) is 24.0 Å². The van der Waals surface area contributed by atoms with Crippen LogP contribution in [0.5, 0.6) is 0 Å². The smallest absolute Gasteiger partial charge is 0.264 e. The predicted octanol–water partition coefficient (Wildman–Crippen LogP) is 1.05. The number of aryl methyl sites for hydroxylation is 1. The number of hydrogen-bond donors (Lipinski definition) is 0. The molecule has 0 radical (unpaired) electrons. The summed E-state index contributed by atoms with van der Waals surface area (Å²) in [5.74, 6) is 0. The summed E-state index contributed by atoms with van der Waals surface area (Å²) in [6.07, 6.45) is 2.53. The minimum atomic E-state index is -4.57. The summed E-state index contributed by atoms with van der Waals surface area (Å²) in [6.45, 7) is 1.49. The lowest BCUT2D eigenvalue weighted by molar-refractivity contribution is 0.551. The first kappa shape index (κ1) is 8.13. The first-order valence-electron chi connectivity index (χ1n) is 2.87. The first-order valence-corrected chi connectivity index (χ1v) is 4.25. The van der Waals surface area contributed by atoms with E-state index in [0.29, 0.717) is 5.56 Å². The molecule has 1 aromatic heterocycles. The van der Waals surface area contributed by atoms with Gasteiger partial charge in [-0.05, 0) is 18.6 Å². The van der Waals surface area contributed by atoms with Crippen molar-refractivity contribution in [1.29, 1.82) is 0 Å². The van der Waals surface area contributed by atoms with Gasteiger partial charge in [0.05, 0.1) is 0 Å².